The van der Waals surface area contributed by atoms with Gasteiger partial charge < -0.3 is 0 Å². The molecule has 0 amide bonds. The van der Waals surface area contributed by atoms with Crippen LogP contribution in [0.25, 0.3) is 0 Å². The molecule has 0 bridgehead atoms. The monoisotopic (exact) mass is 266 g/mol. The lowest BCUT2D eigenvalue weighted by Crippen LogP contribution is -2.21. The maximum Gasteiger partial charge on any atom is 0.294 e. The van der Waals surface area contributed by atoms with Crippen LogP contribution in [0.5, 0.6) is 0 Å². The van der Waals surface area contributed by atoms with Crippen molar-refractivity contribution in [1.82, 2.24) is 0 Å². The van der Waals surface area contributed by atoms with Crippen molar-refractivity contribution < 1.29 is 13.0 Å². The van der Waals surface area contributed by atoms with Crippen molar-refractivity contribution >= 4 is 10.1 Å². The van der Waals surface area contributed by atoms with Gasteiger partial charge in [0.2, 0.25) is 0 Å². The molecule has 0 saturated heterocycles. The molecule has 1 aromatic rings. The maximum atomic E-state index is 11.4. The van der Waals surface area contributed by atoms with Gasteiger partial charge >= 0.3 is 0 Å². The van der Waals surface area contributed by atoms with E-state index in [1.54, 1.807) is 12.1 Å². The minimum absolute atomic E-state index is 0.0323. The van der Waals surface area contributed by atoms with Gasteiger partial charge in [-0.25, -0.2) is 0 Å². The van der Waals surface area contributed by atoms with E-state index in [0.717, 1.165) is 5.56 Å². The average molecular weight is 266 g/mol. The number of hydrogen-bond donors (Lipinski definition) is 1. The molecule has 0 atom stereocenters. The van der Waals surface area contributed by atoms with Crippen LogP contribution in [0.4, 0.5) is 0 Å². The summed E-state index contributed by atoms with van der Waals surface area (Å²) in [5.41, 5.74) is 1.16. The normalized spacial score (nSPS) is 12.2. The third kappa shape index (κ3) is 3.34. The predicted octanol–water partition coefficient (Wildman–Crippen LogP) is 2.93. The van der Waals surface area contributed by atoms with Gasteiger partial charge in [-0.2, -0.15) is 8.42 Å². The summed E-state index contributed by atoms with van der Waals surface area (Å²) in [5.74, 6) is 2.55. The molecule has 0 radical (unpaired) electrons. The van der Waals surface area contributed by atoms with Gasteiger partial charge in [-0.3, -0.25) is 4.55 Å². The maximum absolute atomic E-state index is 11.4. The van der Waals surface area contributed by atoms with E-state index in [1.165, 1.54) is 6.07 Å². The van der Waals surface area contributed by atoms with Crippen LogP contribution in [0.1, 0.15) is 37.8 Å². The Morgan fingerprint density at radius 2 is 2.00 bits per heavy atom. The third-order valence-corrected chi connectivity index (χ3v) is 3.95. The first-order valence-corrected chi connectivity index (χ1v) is 7.14. The number of aryl methyl sites for hydroxylation is 1. The zero-order valence-electron chi connectivity index (χ0n) is 10.9. The SMILES string of the molecule is C#CCCC(C)(C)c1cc(C)ccc1S(=O)(=O)O. The van der Waals surface area contributed by atoms with E-state index in [2.05, 4.69) is 5.92 Å². The van der Waals surface area contributed by atoms with Gasteiger partial charge in [-0.05, 0) is 30.4 Å². The Bertz CT molecular complexity index is 578. The Balaban J connectivity index is 3.39. The van der Waals surface area contributed by atoms with Crippen LogP contribution in [0.15, 0.2) is 23.1 Å². The number of rotatable bonds is 4. The summed E-state index contributed by atoms with van der Waals surface area (Å²) in [6.07, 6.45) is 6.47. The Kier molecular flexibility index (Phi) is 4.20. The van der Waals surface area contributed by atoms with Crippen LogP contribution in [-0.2, 0) is 15.5 Å². The van der Waals surface area contributed by atoms with Gasteiger partial charge in [-0.1, -0.05) is 31.5 Å². The molecule has 0 heterocycles. The summed E-state index contributed by atoms with van der Waals surface area (Å²) < 4.78 is 32.1. The minimum Gasteiger partial charge on any atom is -0.282 e. The second-order valence-electron chi connectivity index (χ2n) is 5.06. The number of hydrogen-bond acceptors (Lipinski definition) is 2. The van der Waals surface area contributed by atoms with Crippen molar-refractivity contribution in [3.8, 4) is 12.3 Å². The molecule has 1 aromatic carbocycles. The highest BCUT2D eigenvalue weighted by molar-refractivity contribution is 7.85. The van der Waals surface area contributed by atoms with Crippen molar-refractivity contribution in [3.63, 3.8) is 0 Å². The highest BCUT2D eigenvalue weighted by Crippen LogP contribution is 2.33. The molecular formula is C14H18O3S. The Labute approximate surface area is 109 Å². The van der Waals surface area contributed by atoms with E-state index in [4.69, 9.17) is 6.42 Å². The summed E-state index contributed by atoms with van der Waals surface area (Å²) in [6, 6.07) is 4.90. The van der Waals surface area contributed by atoms with Crippen LogP contribution in [0, 0.1) is 19.3 Å². The Morgan fingerprint density at radius 1 is 1.39 bits per heavy atom. The second-order valence-corrected chi connectivity index (χ2v) is 6.45. The number of benzene rings is 1. The zero-order valence-corrected chi connectivity index (χ0v) is 11.7. The van der Waals surface area contributed by atoms with E-state index in [9.17, 15) is 13.0 Å². The molecule has 1 rings (SSSR count). The smallest absolute Gasteiger partial charge is 0.282 e. The van der Waals surface area contributed by atoms with Crippen LogP contribution < -0.4 is 0 Å². The van der Waals surface area contributed by atoms with Gasteiger partial charge in [0.05, 0.1) is 4.90 Å². The molecule has 0 spiro atoms. The lowest BCUT2D eigenvalue weighted by Gasteiger charge is -2.26. The highest BCUT2D eigenvalue weighted by atomic mass is 32.2. The standard InChI is InChI=1S/C14H18O3S/c1-5-6-9-14(3,4)12-10-11(2)7-8-13(12)18(15,16)17/h1,7-8,10H,6,9H2,2-4H3,(H,15,16,17). The first kappa shape index (κ1) is 14.7. The molecule has 0 fully saturated rings. The van der Waals surface area contributed by atoms with Crippen molar-refractivity contribution in [2.24, 2.45) is 0 Å². The average Bonchev–Trinajstić information content (AvgIpc) is 2.24. The minimum atomic E-state index is -4.21. The van der Waals surface area contributed by atoms with E-state index >= 15 is 0 Å². The Hall–Kier alpha value is -1.31. The molecule has 0 unspecified atom stereocenters. The summed E-state index contributed by atoms with van der Waals surface area (Å²) >= 11 is 0. The fourth-order valence-electron chi connectivity index (χ4n) is 1.92. The number of terminal acetylenes is 1. The fraction of sp³-hybridized carbons (Fsp3) is 0.429. The predicted molar refractivity (Wildman–Crippen MR) is 72.1 cm³/mol. The molecule has 1 N–H and O–H groups in total. The second kappa shape index (κ2) is 5.13. The summed E-state index contributed by atoms with van der Waals surface area (Å²) in [4.78, 5) is -0.0323. The van der Waals surface area contributed by atoms with Crippen LogP contribution in [-0.4, -0.2) is 13.0 Å². The Morgan fingerprint density at radius 3 is 2.50 bits per heavy atom. The quantitative estimate of drug-likeness (QED) is 0.673. The van der Waals surface area contributed by atoms with Crippen molar-refractivity contribution in [3.05, 3.63) is 29.3 Å². The first-order valence-electron chi connectivity index (χ1n) is 5.70. The molecule has 18 heavy (non-hydrogen) atoms. The molecule has 3 nitrogen and oxygen atoms in total. The van der Waals surface area contributed by atoms with Gasteiger partial charge in [0.15, 0.2) is 0 Å². The fourth-order valence-corrected chi connectivity index (χ4v) is 2.77. The van der Waals surface area contributed by atoms with Gasteiger partial charge in [0.1, 0.15) is 0 Å². The van der Waals surface area contributed by atoms with Crippen molar-refractivity contribution in [1.29, 1.82) is 0 Å². The first-order chi connectivity index (χ1) is 8.18. The summed E-state index contributed by atoms with van der Waals surface area (Å²) in [7, 11) is -4.21. The lowest BCUT2D eigenvalue weighted by molar-refractivity contribution is 0.457. The van der Waals surface area contributed by atoms with Crippen LogP contribution >= 0.6 is 0 Å². The van der Waals surface area contributed by atoms with E-state index in [1.807, 2.05) is 20.8 Å². The molecule has 98 valence electrons. The van der Waals surface area contributed by atoms with E-state index in [0.29, 0.717) is 18.4 Å². The van der Waals surface area contributed by atoms with Gasteiger partial charge in [-0.15, -0.1) is 12.3 Å². The van der Waals surface area contributed by atoms with E-state index < -0.39 is 15.5 Å². The lowest BCUT2D eigenvalue weighted by atomic mass is 9.80. The third-order valence-electron chi connectivity index (χ3n) is 3.04. The highest BCUT2D eigenvalue weighted by Gasteiger charge is 2.27. The molecule has 0 aromatic heterocycles. The topological polar surface area (TPSA) is 54.4 Å². The van der Waals surface area contributed by atoms with Crippen molar-refractivity contribution in [2.75, 3.05) is 0 Å². The van der Waals surface area contributed by atoms with Crippen LogP contribution in [0.3, 0.4) is 0 Å². The van der Waals surface area contributed by atoms with Gasteiger partial charge in [0.25, 0.3) is 10.1 Å². The summed E-state index contributed by atoms with van der Waals surface area (Å²) in [5, 5.41) is 0. The van der Waals surface area contributed by atoms with E-state index in [-0.39, 0.29) is 4.90 Å². The summed E-state index contributed by atoms with van der Waals surface area (Å²) in [6.45, 7) is 5.73. The molecule has 0 saturated carbocycles. The molecule has 0 aliphatic carbocycles. The largest absolute Gasteiger partial charge is 0.294 e. The molecule has 0 aliphatic rings. The molecular weight excluding hydrogens is 248 g/mol. The molecule has 0 aliphatic heterocycles. The van der Waals surface area contributed by atoms with Crippen molar-refractivity contribution in [2.45, 2.75) is 43.9 Å². The molecule has 4 heteroatoms. The van der Waals surface area contributed by atoms with Gasteiger partial charge in [0, 0.05) is 6.42 Å². The van der Waals surface area contributed by atoms with Crippen LogP contribution in [0.2, 0.25) is 0 Å². The zero-order chi connectivity index (χ0) is 14.0.